The molecule has 328 valence electrons. The van der Waals surface area contributed by atoms with Crippen LogP contribution in [-0.2, 0) is 29.2 Å². The molecule has 0 saturated carbocycles. The van der Waals surface area contributed by atoms with E-state index in [0.717, 1.165) is 38.9 Å². The van der Waals surface area contributed by atoms with Crippen molar-refractivity contribution in [1.82, 2.24) is 10.9 Å². The summed E-state index contributed by atoms with van der Waals surface area (Å²) in [6.07, 6.45) is 4.60. The van der Waals surface area contributed by atoms with Crippen LogP contribution in [0.3, 0.4) is 0 Å². The van der Waals surface area contributed by atoms with Crippen LogP contribution in [0.25, 0.3) is 17.2 Å². The van der Waals surface area contributed by atoms with Crippen LogP contribution in [0.15, 0.2) is 199 Å². The molecule has 1 aliphatic heterocycles. The van der Waals surface area contributed by atoms with E-state index >= 15 is 0 Å². The third-order valence-corrected chi connectivity index (χ3v) is 11.1. The van der Waals surface area contributed by atoms with Gasteiger partial charge in [0.2, 0.25) is 5.90 Å². The fourth-order valence-electron chi connectivity index (χ4n) is 7.60. The number of nitrogens with one attached hydrogen (secondary N) is 2. The van der Waals surface area contributed by atoms with Gasteiger partial charge >= 0.3 is 0 Å². The standard InChI is InChI=1S/C56H53N3O6/c60-37-14-38-62-50-31-29-49(30-32-50)54-58-56(35-13-21-42-15-5-1-6-16-42,53(65-54)48-27-25-47(26-28-48)46-22-11-4-12-23-46)55(61)59-57-36-34-43-24-33-51(63-40-44-17-7-2-8-18-44)52(39-43)64-41-45-19-9-3-10-20-45/h1-13,15-33,39,53,57,60H,14,34-38,40-41H2,(H,59,61)/b21-13+/t53-,56-/m0/s1. The number of aliphatic imine (C=N–C) groups is 1. The lowest BCUT2D eigenvalue weighted by atomic mass is 9.84. The lowest BCUT2D eigenvalue weighted by Crippen LogP contribution is -2.52. The summed E-state index contributed by atoms with van der Waals surface area (Å²) >= 11 is 0. The Kier molecular flexibility index (Phi) is 15.1. The molecule has 0 spiro atoms. The van der Waals surface area contributed by atoms with Crippen molar-refractivity contribution < 1.29 is 28.8 Å². The molecule has 9 heteroatoms. The van der Waals surface area contributed by atoms with Gasteiger partial charge in [-0.25, -0.2) is 10.4 Å². The van der Waals surface area contributed by atoms with Crippen LogP contribution < -0.4 is 25.1 Å². The Morgan fingerprint density at radius 3 is 1.91 bits per heavy atom. The zero-order chi connectivity index (χ0) is 44.5. The van der Waals surface area contributed by atoms with E-state index in [-0.39, 0.29) is 18.9 Å². The van der Waals surface area contributed by atoms with Crippen molar-refractivity contribution in [3.05, 3.63) is 228 Å². The van der Waals surface area contributed by atoms with Crippen LogP contribution in [0, 0.1) is 0 Å². The SMILES string of the molecule is O=C(NNCCc1ccc(OCc2ccccc2)c(OCc2ccccc2)c1)[C@@]1(C/C=C/c2ccccc2)N=C(c2ccc(OCCCO)cc2)O[C@H]1c1ccc(-c2ccccc2)cc1. The number of hydrogen-bond acceptors (Lipinski definition) is 8. The molecule has 0 aromatic heterocycles. The number of hydrogen-bond donors (Lipinski definition) is 3. The number of carbonyl (C=O) groups is 1. The molecule has 0 saturated heterocycles. The molecule has 0 radical (unpaired) electrons. The highest BCUT2D eigenvalue weighted by Crippen LogP contribution is 2.43. The number of rotatable bonds is 21. The van der Waals surface area contributed by atoms with Crippen molar-refractivity contribution in [2.24, 2.45) is 4.99 Å². The van der Waals surface area contributed by atoms with Crippen LogP contribution in [-0.4, -0.2) is 42.2 Å². The molecule has 0 unspecified atom stereocenters. The third kappa shape index (κ3) is 11.8. The average Bonchev–Trinajstić information content (AvgIpc) is 3.76. The molecule has 1 aliphatic rings. The van der Waals surface area contributed by atoms with Gasteiger partial charge in [0, 0.05) is 31.6 Å². The molecular weight excluding hydrogens is 811 g/mol. The van der Waals surface area contributed by atoms with Crippen molar-refractivity contribution in [3.63, 3.8) is 0 Å². The fourth-order valence-corrected chi connectivity index (χ4v) is 7.60. The quantitative estimate of drug-likeness (QED) is 0.0487. The lowest BCUT2D eigenvalue weighted by Gasteiger charge is -2.30. The van der Waals surface area contributed by atoms with Crippen LogP contribution in [0.5, 0.6) is 17.2 Å². The number of aliphatic hydroxyl groups excluding tert-OH is 1. The first-order valence-corrected chi connectivity index (χ1v) is 22.0. The van der Waals surface area contributed by atoms with Crippen molar-refractivity contribution in [1.29, 1.82) is 0 Å². The Morgan fingerprint density at radius 2 is 1.25 bits per heavy atom. The molecule has 2 atom stereocenters. The Balaban J connectivity index is 1.04. The van der Waals surface area contributed by atoms with Crippen LogP contribution >= 0.6 is 0 Å². The predicted octanol–water partition coefficient (Wildman–Crippen LogP) is 10.5. The average molecular weight is 864 g/mol. The number of carbonyl (C=O) groups excluding carboxylic acids is 1. The number of aliphatic hydroxyl groups is 1. The van der Waals surface area contributed by atoms with Gasteiger partial charge in [0.25, 0.3) is 5.91 Å². The van der Waals surface area contributed by atoms with E-state index in [2.05, 4.69) is 35.1 Å². The minimum absolute atomic E-state index is 0.0529. The second-order valence-corrected chi connectivity index (χ2v) is 15.8. The van der Waals surface area contributed by atoms with E-state index in [9.17, 15) is 9.90 Å². The second kappa shape index (κ2) is 22.2. The molecule has 1 heterocycles. The smallest absolute Gasteiger partial charge is 0.266 e. The first-order valence-electron chi connectivity index (χ1n) is 22.0. The third-order valence-electron chi connectivity index (χ3n) is 11.1. The molecule has 9 nitrogen and oxygen atoms in total. The van der Waals surface area contributed by atoms with Crippen molar-refractivity contribution in [2.75, 3.05) is 19.8 Å². The molecule has 3 N–H and O–H groups in total. The van der Waals surface area contributed by atoms with Gasteiger partial charge in [-0.05, 0) is 81.8 Å². The van der Waals surface area contributed by atoms with E-state index < -0.39 is 11.6 Å². The first kappa shape index (κ1) is 44.2. The predicted molar refractivity (Wildman–Crippen MR) is 257 cm³/mol. The van der Waals surface area contributed by atoms with E-state index in [0.29, 0.717) is 67.9 Å². The molecule has 7 aromatic rings. The Morgan fingerprint density at radius 1 is 0.646 bits per heavy atom. The highest BCUT2D eigenvalue weighted by atomic mass is 16.5. The number of ether oxygens (including phenoxy) is 4. The summed E-state index contributed by atoms with van der Waals surface area (Å²) in [5.74, 6) is 1.98. The van der Waals surface area contributed by atoms with E-state index in [4.69, 9.17) is 23.9 Å². The number of benzene rings is 7. The maximum atomic E-state index is 14.9. The summed E-state index contributed by atoms with van der Waals surface area (Å²) in [7, 11) is 0. The number of hydrazine groups is 1. The van der Waals surface area contributed by atoms with Crippen molar-refractivity contribution in [3.8, 4) is 28.4 Å². The summed E-state index contributed by atoms with van der Waals surface area (Å²) in [5, 5.41) is 9.22. The maximum absolute atomic E-state index is 14.9. The van der Waals surface area contributed by atoms with Crippen LogP contribution in [0.1, 0.15) is 52.3 Å². The van der Waals surface area contributed by atoms with Gasteiger partial charge in [-0.3, -0.25) is 10.2 Å². The second-order valence-electron chi connectivity index (χ2n) is 15.8. The molecule has 7 aromatic carbocycles. The Labute approximate surface area is 381 Å². The Hall–Kier alpha value is -7.46. The maximum Gasteiger partial charge on any atom is 0.266 e. The highest BCUT2D eigenvalue weighted by molar-refractivity contribution is 6.01. The lowest BCUT2D eigenvalue weighted by molar-refractivity contribution is -0.129. The van der Waals surface area contributed by atoms with Gasteiger partial charge in [0.1, 0.15) is 19.0 Å². The molecule has 1 amide bonds. The zero-order valence-corrected chi connectivity index (χ0v) is 36.2. The minimum Gasteiger partial charge on any atom is -0.494 e. The molecule has 8 rings (SSSR count). The monoisotopic (exact) mass is 863 g/mol. The molecule has 0 bridgehead atoms. The summed E-state index contributed by atoms with van der Waals surface area (Å²) in [5.41, 5.74) is 12.7. The molecular formula is C56H53N3O6. The van der Waals surface area contributed by atoms with Gasteiger partial charge in [-0.15, -0.1) is 0 Å². The van der Waals surface area contributed by atoms with E-state index in [1.165, 1.54) is 0 Å². The van der Waals surface area contributed by atoms with E-state index in [1.54, 1.807) is 0 Å². The van der Waals surface area contributed by atoms with Crippen LogP contribution in [0.2, 0.25) is 0 Å². The first-order chi connectivity index (χ1) is 32.1. The summed E-state index contributed by atoms with van der Waals surface area (Å²) in [4.78, 5) is 20.1. The largest absolute Gasteiger partial charge is 0.494 e. The summed E-state index contributed by atoms with van der Waals surface area (Å²) in [6.45, 7) is 1.68. The van der Waals surface area contributed by atoms with Crippen LogP contribution in [0.4, 0.5) is 0 Å². The van der Waals surface area contributed by atoms with Gasteiger partial charge in [0.15, 0.2) is 23.1 Å². The molecule has 65 heavy (non-hydrogen) atoms. The normalized spacial score (nSPS) is 15.5. The number of nitrogens with zero attached hydrogens (tertiary/aromatic N) is 1. The Bertz CT molecular complexity index is 2620. The topological polar surface area (TPSA) is 111 Å². The molecule has 0 fully saturated rings. The van der Waals surface area contributed by atoms with Gasteiger partial charge < -0.3 is 24.1 Å². The zero-order valence-electron chi connectivity index (χ0n) is 36.2. The van der Waals surface area contributed by atoms with Crippen molar-refractivity contribution >= 4 is 17.9 Å². The fraction of sp³-hybridized carbons (Fsp3) is 0.179. The van der Waals surface area contributed by atoms with Crippen molar-refractivity contribution in [2.45, 2.75) is 44.1 Å². The van der Waals surface area contributed by atoms with Gasteiger partial charge in [-0.2, -0.15) is 0 Å². The number of amides is 1. The van der Waals surface area contributed by atoms with Gasteiger partial charge in [0.05, 0.1) is 6.61 Å². The summed E-state index contributed by atoms with van der Waals surface area (Å²) < 4.78 is 25.2. The summed E-state index contributed by atoms with van der Waals surface area (Å²) in [6, 6.07) is 61.8. The minimum atomic E-state index is -1.39. The van der Waals surface area contributed by atoms with Gasteiger partial charge in [-0.1, -0.05) is 164 Å². The highest BCUT2D eigenvalue weighted by Gasteiger charge is 2.52. The van der Waals surface area contributed by atoms with E-state index in [1.807, 2.05) is 176 Å². The molecule has 0 aliphatic carbocycles.